The molecule has 1 amide bonds. The predicted molar refractivity (Wildman–Crippen MR) is 54.3 cm³/mol. The normalized spacial score (nSPS) is 22.1. The van der Waals surface area contributed by atoms with Crippen molar-refractivity contribution in [2.45, 2.75) is 37.4 Å². The zero-order valence-corrected chi connectivity index (χ0v) is 9.86. The highest BCUT2D eigenvalue weighted by molar-refractivity contribution is 5.84. The molecule has 1 rings (SSSR count). The van der Waals surface area contributed by atoms with E-state index in [9.17, 15) is 26.7 Å². The molecule has 0 aliphatic carbocycles. The first kappa shape index (κ1) is 15.1. The van der Waals surface area contributed by atoms with Gasteiger partial charge >= 0.3 is 18.0 Å². The number of rotatable bonds is 3. The number of carbonyl (C=O) groups excluding carboxylic acids is 1. The quantitative estimate of drug-likeness (QED) is 0.796. The topological polar surface area (TPSA) is 32.3 Å². The van der Waals surface area contributed by atoms with E-state index in [1.165, 1.54) is 0 Å². The van der Waals surface area contributed by atoms with Gasteiger partial charge in [-0.05, 0) is 26.3 Å². The molecule has 0 radical (unpaired) electrons. The van der Waals surface area contributed by atoms with Crippen LogP contribution in [-0.2, 0) is 4.79 Å². The molecule has 1 aliphatic heterocycles. The molecule has 0 saturated carbocycles. The predicted octanol–water partition coefficient (Wildman–Crippen LogP) is 1.78. The van der Waals surface area contributed by atoms with Gasteiger partial charge in [-0.2, -0.15) is 22.0 Å². The molecule has 18 heavy (non-hydrogen) atoms. The van der Waals surface area contributed by atoms with E-state index < -0.39 is 24.0 Å². The Morgan fingerprint density at radius 1 is 1.28 bits per heavy atom. The molecule has 0 spiro atoms. The largest absolute Gasteiger partial charge is 0.463 e. The molecule has 1 unspecified atom stereocenters. The second-order valence-electron chi connectivity index (χ2n) is 4.28. The van der Waals surface area contributed by atoms with Crippen LogP contribution < -0.4 is 5.32 Å². The minimum atomic E-state index is -5.84. The van der Waals surface area contributed by atoms with Gasteiger partial charge < -0.3 is 10.2 Å². The summed E-state index contributed by atoms with van der Waals surface area (Å²) in [5.41, 5.74) is 0. The van der Waals surface area contributed by atoms with E-state index in [4.69, 9.17) is 0 Å². The molecule has 3 nitrogen and oxygen atoms in total. The van der Waals surface area contributed by atoms with Gasteiger partial charge in [0.1, 0.15) is 0 Å². The van der Waals surface area contributed by atoms with Crippen molar-refractivity contribution in [2.75, 3.05) is 20.1 Å². The summed E-state index contributed by atoms with van der Waals surface area (Å²) in [5.74, 6) is -7.45. The van der Waals surface area contributed by atoms with E-state index in [-0.39, 0.29) is 13.1 Å². The average Bonchev–Trinajstić information content (AvgIpc) is 2.28. The van der Waals surface area contributed by atoms with Crippen molar-refractivity contribution in [1.82, 2.24) is 10.2 Å². The van der Waals surface area contributed by atoms with Gasteiger partial charge in [0, 0.05) is 19.1 Å². The maximum atomic E-state index is 13.0. The van der Waals surface area contributed by atoms with Crippen LogP contribution in [0.25, 0.3) is 0 Å². The molecule has 1 atom stereocenters. The Bertz CT molecular complexity index is 303. The van der Waals surface area contributed by atoms with Crippen LogP contribution in [-0.4, -0.2) is 49.1 Å². The van der Waals surface area contributed by atoms with Gasteiger partial charge in [0.15, 0.2) is 0 Å². The number of nitrogens with one attached hydrogen (secondary N) is 1. The molecule has 1 heterocycles. The fraction of sp³-hybridized carbons (Fsp3) is 0.900. The fourth-order valence-corrected chi connectivity index (χ4v) is 2.02. The highest BCUT2D eigenvalue weighted by atomic mass is 19.4. The number of alkyl halides is 5. The number of carbonyl (C=O) groups is 1. The van der Waals surface area contributed by atoms with Gasteiger partial charge in [-0.1, -0.05) is 0 Å². The second kappa shape index (κ2) is 5.38. The lowest BCUT2D eigenvalue weighted by atomic mass is 10.0. The van der Waals surface area contributed by atoms with E-state index in [0.717, 1.165) is 0 Å². The number of nitrogens with zero attached hydrogens (tertiary/aromatic N) is 1. The second-order valence-corrected chi connectivity index (χ2v) is 4.28. The molecule has 0 aromatic carbocycles. The molecular weight excluding hydrogens is 259 g/mol. The molecule has 1 N–H and O–H groups in total. The third kappa shape index (κ3) is 2.90. The van der Waals surface area contributed by atoms with Gasteiger partial charge in [-0.15, -0.1) is 0 Å². The summed E-state index contributed by atoms with van der Waals surface area (Å²) in [5, 5.41) is 2.69. The van der Waals surface area contributed by atoms with Crippen LogP contribution in [0.4, 0.5) is 22.0 Å². The van der Waals surface area contributed by atoms with Crippen LogP contribution in [0.2, 0.25) is 0 Å². The van der Waals surface area contributed by atoms with Crippen LogP contribution in [0.1, 0.15) is 19.3 Å². The summed E-state index contributed by atoms with van der Waals surface area (Å²) in [6.45, 7) is 0.149. The van der Waals surface area contributed by atoms with E-state index in [2.05, 4.69) is 5.32 Å². The monoisotopic (exact) mass is 274 g/mol. The number of hydrogen-bond acceptors (Lipinski definition) is 2. The Balaban J connectivity index is 2.86. The third-order valence-corrected chi connectivity index (χ3v) is 2.95. The van der Waals surface area contributed by atoms with Gasteiger partial charge in [-0.25, -0.2) is 0 Å². The average molecular weight is 274 g/mol. The Morgan fingerprint density at radius 2 is 1.89 bits per heavy atom. The summed E-state index contributed by atoms with van der Waals surface area (Å²) in [6, 6.07) is -0.607. The molecule has 1 aliphatic rings. The number of likely N-dealkylation sites (N-methyl/N-ethyl adjacent to an activating group) is 1. The van der Waals surface area contributed by atoms with Crippen molar-refractivity contribution >= 4 is 5.91 Å². The lowest BCUT2D eigenvalue weighted by Gasteiger charge is -2.37. The van der Waals surface area contributed by atoms with Gasteiger partial charge in [0.2, 0.25) is 0 Å². The highest BCUT2D eigenvalue weighted by Gasteiger charge is 2.65. The minimum absolute atomic E-state index is 0.0587. The van der Waals surface area contributed by atoms with Crippen LogP contribution in [0.5, 0.6) is 0 Å². The van der Waals surface area contributed by atoms with E-state index in [1.54, 1.807) is 7.05 Å². The number of halogens is 5. The SMILES string of the molecule is CNCC1CCCCN1C(=O)C(F)(F)C(F)(F)F. The summed E-state index contributed by atoms with van der Waals surface area (Å²) >= 11 is 0. The van der Waals surface area contributed by atoms with Crippen molar-refractivity contribution in [2.24, 2.45) is 0 Å². The molecular formula is C10H15F5N2O. The van der Waals surface area contributed by atoms with Crippen molar-refractivity contribution in [3.8, 4) is 0 Å². The molecule has 0 aromatic rings. The zero-order chi connectivity index (χ0) is 14.0. The number of amides is 1. The Kier molecular flexibility index (Phi) is 4.52. The smallest absolute Gasteiger partial charge is 0.333 e. The number of likely N-dealkylation sites (tertiary alicyclic amines) is 1. The number of piperidine rings is 1. The zero-order valence-electron chi connectivity index (χ0n) is 9.86. The van der Waals surface area contributed by atoms with E-state index >= 15 is 0 Å². The standard InChI is InChI=1S/C10H15F5N2O/c1-16-6-7-4-2-3-5-17(7)8(18)9(11,12)10(13,14)15/h7,16H,2-6H2,1H3. The van der Waals surface area contributed by atoms with Crippen molar-refractivity contribution in [1.29, 1.82) is 0 Å². The lowest BCUT2D eigenvalue weighted by Crippen LogP contribution is -2.57. The van der Waals surface area contributed by atoms with Gasteiger partial charge in [0.25, 0.3) is 0 Å². The van der Waals surface area contributed by atoms with Crippen LogP contribution >= 0.6 is 0 Å². The molecule has 1 saturated heterocycles. The van der Waals surface area contributed by atoms with Crippen molar-refractivity contribution in [3.05, 3.63) is 0 Å². The maximum Gasteiger partial charge on any atom is 0.463 e. The Labute approximate surface area is 101 Å². The summed E-state index contributed by atoms with van der Waals surface area (Å²) in [7, 11) is 1.55. The summed E-state index contributed by atoms with van der Waals surface area (Å²) in [4.78, 5) is 12.0. The first-order valence-electron chi connectivity index (χ1n) is 5.62. The van der Waals surface area contributed by atoms with Crippen LogP contribution in [0, 0.1) is 0 Å². The first-order valence-corrected chi connectivity index (χ1v) is 5.62. The van der Waals surface area contributed by atoms with Crippen molar-refractivity contribution in [3.63, 3.8) is 0 Å². The van der Waals surface area contributed by atoms with E-state index in [0.29, 0.717) is 24.2 Å². The third-order valence-electron chi connectivity index (χ3n) is 2.95. The fourth-order valence-electron chi connectivity index (χ4n) is 2.02. The molecule has 1 fully saturated rings. The highest BCUT2D eigenvalue weighted by Crippen LogP contribution is 2.38. The number of hydrogen-bond donors (Lipinski definition) is 1. The Morgan fingerprint density at radius 3 is 2.39 bits per heavy atom. The summed E-state index contributed by atoms with van der Waals surface area (Å²) < 4.78 is 62.4. The van der Waals surface area contributed by atoms with Crippen molar-refractivity contribution < 1.29 is 26.7 Å². The molecule has 0 bridgehead atoms. The van der Waals surface area contributed by atoms with Gasteiger partial charge in [-0.3, -0.25) is 4.79 Å². The molecule has 0 aromatic heterocycles. The molecule has 106 valence electrons. The Hall–Kier alpha value is -0.920. The summed E-state index contributed by atoms with van der Waals surface area (Å²) in [6.07, 6.45) is -4.25. The van der Waals surface area contributed by atoms with Crippen LogP contribution in [0.3, 0.4) is 0 Å². The minimum Gasteiger partial charge on any atom is -0.333 e. The maximum absolute atomic E-state index is 13.0. The van der Waals surface area contributed by atoms with Gasteiger partial charge in [0.05, 0.1) is 0 Å². The lowest BCUT2D eigenvalue weighted by molar-refractivity contribution is -0.275. The molecule has 8 heteroatoms. The van der Waals surface area contributed by atoms with E-state index in [1.807, 2.05) is 0 Å². The first-order chi connectivity index (χ1) is 8.21. The van der Waals surface area contributed by atoms with Crippen LogP contribution in [0.15, 0.2) is 0 Å².